The van der Waals surface area contributed by atoms with Gasteiger partial charge in [-0.3, -0.25) is 4.79 Å². The molecule has 1 aromatic rings. The van der Waals surface area contributed by atoms with Gasteiger partial charge in [0.05, 0.1) is 6.10 Å². The van der Waals surface area contributed by atoms with Crippen molar-refractivity contribution in [2.24, 2.45) is 0 Å². The van der Waals surface area contributed by atoms with Gasteiger partial charge in [-0.25, -0.2) is 4.79 Å². The van der Waals surface area contributed by atoms with E-state index >= 15 is 0 Å². The van der Waals surface area contributed by atoms with Crippen molar-refractivity contribution in [1.29, 1.82) is 0 Å². The fourth-order valence-electron chi connectivity index (χ4n) is 3.55. The fraction of sp³-hybridized carbons (Fsp3) is 0.652. The summed E-state index contributed by atoms with van der Waals surface area (Å²) in [5.41, 5.74) is 0.338. The molecular weight excluding hydrogens is 420 g/mol. The van der Waals surface area contributed by atoms with Crippen molar-refractivity contribution in [3.63, 3.8) is 0 Å². The summed E-state index contributed by atoms with van der Waals surface area (Å²) in [7, 11) is 4.53. The molecule has 0 aromatic heterocycles. The monoisotopic (exact) mass is 454 g/mol. The maximum Gasteiger partial charge on any atom is 0.342 e. The fourth-order valence-corrected chi connectivity index (χ4v) is 3.55. The molecular formula is C23H34O9. The molecule has 180 valence electrons. The zero-order chi connectivity index (χ0) is 23.2. The zero-order valence-corrected chi connectivity index (χ0v) is 19.1. The number of ether oxygens (including phenoxy) is 7. The average Bonchev–Trinajstić information content (AvgIpc) is 2.81. The molecule has 0 aliphatic heterocycles. The van der Waals surface area contributed by atoms with E-state index in [0.29, 0.717) is 43.4 Å². The van der Waals surface area contributed by atoms with Crippen molar-refractivity contribution in [3.05, 3.63) is 29.8 Å². The van der Waals surface area contributed by atoms with Gasteiger partial charge in [-0.2, -0.15) is 0 Å². The van der Waals surface area contributed by atoms with E-state index in [2.05, 4.69) is 0 Å². The summed E-state index contributed by atoms with van der Waals surface area (Å²) in [6.45, 7) is 0.0442. The number of hydrogen-bond donors (Lipinski definition) is 0. The third kappa shape index (κ3) is 8.48. The van der Waals surface area contributed by atoms with Gasteiger partial charge in [0.2, 0.25) is 0 Å². The summed E-state index contributed by atoms with van der Waals surface area (Å²) in [5.74, 6) is -0.0849. The highest BCUT2D eigenvalue weighted by Crippen LogP contribution is 2.25. The maximum absolute atomic E-state index is 12.9. The van der Waals surface area contributed by atoms with Gasteiger partial charge in [-0.05, 0) is 44.2 Å². The molecule has 1 saturated carbocycles. The van der Waals surface area contributed by atoms with E-state index < -0.39 is 18.2 Å². The highest BCUT2D eigenvalue weighted by molar-refractivity contribution is 5.92. The van der Waals surface area contributed by atoms with Crippen LogP contribution in [0.2, 0.25) is 0 Å². The van der Waals surface area contributed by atoms with Crippen LogP contribution in [0, 0.1) is 0 Å². The minimum atomic E-state index is -0.761. The van der Waals surface area contributed by atoms with Gasteiger partial charge >= 0.3 is 5.97 Å². The lowest BCUT2D eigenvalue weighted by atomic mass is 9.94. The Morgan fingerprint density at radius 2 is 1.62 bits per heavy atom. The Balaban J connectivity index is 2.09. The summed E-state index contributed by atoms with van der Waals surface area (Å²) in [4.78, 5) is 25.5. The lowest BCUT2D eigenvalue weighted by molar-refractivity contribution is -0.173. The molecule has 9 nitrogen and oxygen atoms in total. The number of benzene rings is 1. The Kier molecular flexibility index (Phi) is 12.2. The maximum atomic E-state index is 12.9. The van der Waals surface area contributed by atoms with Gasteiger partial charge < -0.3 is 33.2 Å². The Morgan fingerprint density at radius 3 is 2.38 bits per heavy atom. The van der Waals surface area contributed by atoms with Crippen LogP contribution in [-0.2, 0) is 33.2 Å². The lowest BCUT2D eigenvalue weighted by Crippen LogP contribution is -2.40. The number of esters is 1. The van der Waals surface area contributed by atoms with E-state index in [1.54, 1.807) is 24.3 Å². The number of ketones is 1. The average molecular weight is 455 g/mol. The largest absolute Gasteiger partial charge is 0.467 e. The lowest BCUT2D eigenvalue weighted by Gasteiger charge is -2.29. The molecule has 0 saturated heterocycles. The van der Waals surface area contributed by atoms with Crippen molar-refractivity contribution < 1.29 is 42.7 Å². The van der Waals surface area contributed by atoms with Crippen molar-refractivity contribution in [3.8, 4) is 5.75 Å². The third-order valence-corrected chi connectivity index (χ3v) is 5.11. The van der Waals surface area contributed by atoms with E-state index in [4.69, 9.17) is 33.2 Å². The normalized spacial score (nSPS) is 22.3. The minimum Gasteiger partial charge on any atom is -0.467 e. The van der Waals surface area contributed by atoms with Crippen molar-refractivity contribution in [2.75, 3.05) is 41.7 Å². The number of carbonyl (C=O) groups is 2. The van der Waals surface area contributed by atoms with Crippen LogP contribution in [0.4, 0.5) is 0 Å². The van der Waals surface area contributed by atoms with Crippen molar-refractivity contribution in [2.45, 2.75) is 56.8 Å². The van der Waals surface area contributed by atoms with Gasteiger partial charge in [0.25, 0.3) is 0 Å². The van der Waals surface area contributed by atoms with Gasteiger partial charge in [-0.15, -0.1) is 0 Å². The molecule has 2 rings (SSSR count). The molecule has 3 atom stereocenters. The Labute approximate surface area is 189 Å². The first-order chi connectivity index (χ1) is 15.6. The molecule has 0 N–H and O–H groups in total. The summed E-state index contributed by atoms with van der Waals surface area (Å²) >= 11 is 0. The molecule has 9 heteroatoms. The molecule has 1 aromatic carbocycles. The highest BCUT2D eigenvalue weighted by Gasteiger charge is 2.32. The van der Waals surface area contributed by atoms with Gasteiger partial charge in [0, 0.05) is 27.8 Å². The molecule has 0 bridgehead atoms. The molecule has 3 unspecified atom stereocenters. The first-order valence-corrected chi connectivity index (χ1v) is 10.8. The zero-order valence-electron chi connectivity index (χ0n) is 19.1. The van der Waals surface area contributed by atoms with E-state index in [1.807, 2.05) is 0 Å². The van der Waals surface area contributed by atoms with Crippen LogP contribution in [0.5, 0.6) is 5.75 Å². The first kappa shape index (κ1) is 26.2. The smallest absolute Gasteiger partial charge is 0.342 e. The number of Topliss-reactive ketones (excluding diaryl/α,β-unsaturated/α-hetero) is 1. The molecule has 1 aliphatic carbocycles. The standard InChI is InChI=1S/C23H34O9/c1-26-14-29-20-11-7-5-9-18(20)23(25)32-17-8-4-6-10-19(24)22(31-16-28-3)21(13-12-17)30-15-27-2/h5,7,9,11,17,21-22H,4,6,8,10,12-16H2,1-3H3. The summed E-state index contributed by atoms with van der Waals surface area (Å²) in [5, 5.41) is 0. The Bertz CT molecular complexity index is 694. The van der Waals surface area contributed by atoms with Gasteiger partial charge in [0.1, 0.15) is 37.1 Å². The number of para-hydroxylation sites is 1. The predicted octanol–water partition coefficient (Wildman–Crippen LogP) is 3.10. The number of methoxy groups -OCH3 is 3. The van der Waals surface area contributed by atoms with Crippen LogP contribution in [0.15, 0.2) is 24.3 Å². The number of rotatable bonds is 11. The van der Waals surface area contributed by atoms with E-state index in [-0.39, 0.29) is 32.3 Å². The molecule has 0 spiro atoms. The molecule has 0 heterocycles. The molecule has 1 fully saturated rings. The second kappa shape index (κ2) is 14.9. The van der Waals surface area contributed by atoms with Crippen LogP contribution in [0.1, 0.15) is 48.9 Å². The minimum absolute atomic E-state index is 0.0140. The van der Waals surface area contributed by atoms with Crippen LogP contribution >= 0.6 is 0 Å². The first-order valence-electron chi connectivity index (χ1n) is 10.8. The van der Waals surface area contributed by atoms with Crippen LogP contribution < -0.4 is 4.74 Å². The second-order valence-electron chi connectivity index (χ2n) is 7.47. The van der Waals surface area contributed by atoms with Crippen molar-refractivity contribution >= 4 is 11.8 Å². The number of carbonyl (C=O) groups excluding carboxylic acids is 2. The Hall–Kier alpha value is -2.04. The van der Waals surface area contributed by atoms with Crippen LogP contribution in [0.25, 0.3) is 0 Å². The Morgan fingerprint density at radius 1 is 0.906 bits per heavy atom. The predicted molar refractivity (Wildman–Crippen MR) is 114 cm³/mol. The summed E-state index contributed by atoms with van der Waals surface area (Å²) in [6, 6.07) is 6.88. The highest BCUT2D eigenvalue weighted by atomic mass is 16.7. The van der Waals surface area contributed by atoms with E-state index in [1.165, 1.54) is 21.3 Å². The second-order valence-corrected chi connectivity index (χ2v) is 7.47. The van der Waals surface area contributed by atoms with E-state index in [9.17, 15) is 9.59 Å². The SMILES string of the molecule is COCOc1ccccc1C(=O)OC1CCCCC(=O)C(OCOC)C(OCOC)CC1. The topological polar surface area (TPSA) is 98.8 Å². The quantitative estimate of drug-likeness (QED) is 0.369. The molecule has 0 radical (unpaired) electrons. The van der Waals surface area contributed by atoms with Gasteiger partial charge in [0.15, 0.2) is 12.6 Å². The summed E-state index contributed by atoms with van der Waals surface area (Å²) in [6.07, 6.45) is 1.79. The van der Waals surface area contributed by atoms with Crippen molar-refractivity contribution in [1.82, 2.24) is 0 Å². The molecule has 32 heavy (non-hydrogen) atoms. The molecule has 0 amide bonds. The number of hydrogen-bond acceptors (Lipinski definition) is 9. The van der Waals surface area contributed by atoms with Gasteiger partial charge in [-0.1, -0.05) is 12.1 Å². The molecule has 1 aliphatic rings. The van der Waals surface area contributed by atoms with E-state index in [0.717, 1.165) is 6.42 Å². The van der Waals surface area contributed by atoms with Crippen LogP contribution in [0.3, 0.4) is 0 Å². The third-order valence-electron chi connectivity index (χ3n) is 5.11. The van der Waals surface area contributed by atoms with Crippen LogP contribution in [-0.4, -0.2) is 71.8 Å². The summed E-state index contributed by atoms with van der Waals surface area (Å²) < 4.78 is 37.6.